The molecule has 9 nitrogen and oxygen atoms in total. The number of nitrogens with zero attached hydrogens (tertiary/aromatic N) is 3. The average molecular weight is 406 g/mol. The SMILES string of the molecule is CCN(CC)S(=O)(=O)c1ccc(N/N=C/c2cccc(OC)c2)c([N+](=O)[O-])c1. The summed E-state index contributed by atoms with van der Waals surface area (Å²) in [5.41, 5.74) is 3.03. The molecule has 2 aromatic carbocycles. The number of benzene rings is 2. The summed E-state index contributed by atoms with van der Waals surface area (Å²) < 4.78 is 31.5. The molecule has 2 aromatic rings. The number of nitrogens with one attached hydrogen (secondary N) is 1. The molecule has 0 aliphatic rings. The van der Waals surface area contributed by atoms with Gasteiger partial charge >= 0.3 is 0 Å². The number of anilines is 1. The summed E-state index contributed by atoms with van der Waals surface area (Å²) in [6, 6.07) is 10.8. The Morgan fingerprint density at radius 1 is 1.21 bits per heavy atom. The van der Waals surface area contributed by atoms with Gasteiger partial charge in [0.15, 0.2) is 0 Å². The smallest absolute Gasteiger partial charge is 0.295 e. The molecule has 0 heterocycles. The van der Waals surface area contributed by atoms with Crippen molar-refractivity contribution in [3.8, 4) is 5.75 Å². The topological polar surface area (TPSA) is 114 Å². The van der Waals surface area contributed by atoms with Crippen LogP contribution in [-0.4, -0.2) is 44.1 Å². The highest BCUT2D eigenvalue weighted by atomic mass is 32.2. The molecule has 28 heavy (non-hydrogen) atoms. The lowest BCUT2D eigenvalue weighted by Gasteiger charge is -2.18. The third kappa shape index (κ3) is 4.84. The molecule has 0 saturated carbocycles. The number of hydrogen-bond donors (Lipinski definition) is 1. The third-order valence-electron chi connectivity index (χ3n) is 4.00. The average Bonchev–Trinajstić information content (AvgIpc) is 2.68. The molecule has 0 atom stereocenters. The molecule has 0 amide bonds. The molecular weight excluding hydrogens is 384 g/mol. The second-order valence-electron chi connectivity index (χ2n) is 5.67. The molecule has 10 heteroatoms. The first-order valence-corrected chi connectivity index (χ1v) is 9.99. The van der Waals surface area contributed by atoms with E-state index in [1.807, 2.05) is 0 Å². The van der Waals surface area contributed by atoms with Crippen LogP contribution in [0.25, 0.3) is 0 Å². The van der Waals surface area contributed by atoms with E-state index in [-0.39, 0.29) is 29.4 Å². The van der Waals surface area contributed by atoms with Gasteiger partial charge in [-0.05, 0) is 29.8 Å². The second-order valence-corrected chi connectivity index (χ2v) is 7.61. The van der Waals surface area contributed by atoms with Gasteiger partial charge in [0, 0.05) is 19.2 Å². The van der Waals surface area contributed by atoms with Crippen LogP contribution < -0.4 is 10.2 Å². The predicted octanol–water partition coefficient (Wildman–Crippen LogP) is 3.08. The summed E-state index contributed by atoms with van der Waals surface area (Å²) in [7, 11) is -2.25. The standard InChI is InChI=1S/C18H22N4O5S/c1-4-21(5-2)28(25,26)16-9-10-17(18(12-16)22(23)24)20-19-13-14-7-6-8-15(11-14)27-3/h6-13,20H,4-5H2,1-3H3/b19-13+. The first-order chi connectivity index (χ1) is 13.3. The zero-order valence-corrected chi connectivity index (χ0v) is 16.6. The number of ether oxygens (including phenoxy) is 1. The van der Waals surface area contributed by atoms with Crippen molar-refractivity contribution in [2.24, 2.45) is 5.10 Å². The minimum atomic E-state index is -3.80. The molecule has 0 spiro atoms. The minimum absolute atomic E-state index is 0.0858. The molecule has 0 saturated heterocycles. The van der Waals surface area contributed by atoms with Gasteiger partial charge in [-0.2, -0.15) is 9.41 Å². The Morgan fingerprint density at radius 3 is 2.54 bits per heavy atom. The van der Waals surface area contributed by atoms with E-state index in [0.29, 0.717) is 5.75 Å². The quantitative estimate of drug-likeness (QED) is 0.389. The monoisotopic (exact) mass is 406 g/mol. The molecule has 0 aliphatic heterocycles. The van der Waals surface area contributed by atoms with Crippen molar-refractivity contribution >= 4 is 27.6 Å². The fraction of sp³-hybridized carbons (Fsp3) is 0.278. The van der Waals surface area contributed by atoms with E-state index in [2.05, 4.69) is 10.5 Å². The summed E-state index contributed by atoms with van der Waals surface area (Å²) in [4.78, 5) is 10.6. The van der Waals surface area contributed by atoms with Gasteiger partial charge in [-0.1, -0.05) is 26.0 Å². The number of sulfonamides is 1. The Morgan fingerprint density at radius 2 is 1.93 bits per heavy atom. The Balaban J connectivity index is 2.30. The number of nitro groups is 1. The molecule has 0 fully saturated rings. The van der Waals surface area contributed by atoms with Gasteiger partial charge in [0.25, 0.3) is 5.69 Å². The van der Waals surface area contributed by atoms with Gasteiger partial charge in [0.2, 0.25) is 10.0 Å². The Kier molecular flexibility index (Phi) is 7.07. The van der Waals surface area contributed by atoms with Crippen LogP contribution in [0.3, 0.4) is 0 Å². The van der Waals surface area contributed by atoms with E-state index in [0.717, 1.165) is 11.6 Å². The van der Waals surface area contributed by atoms with Crippen LogP contribution in [0.4, 0.5) is 11.4 Å². The molecule has 0 radical (unpaired) electrons. The van der Waals surface area contributed by atoms with Crippen molar-refractivity contribution in [3.05, 3.63) is 58.1 Å². The van der Waals surface area contributed by atoms with Gasteiger partial charge < -0.3 is 4.74 Å². The third-order valence-corrected chi connectivity index (χ3v) is 6.05. The Labute approximate surface area is 163 Å². The largest absolute Gasteiger partial charge is 0.497 e. The molecular formula is C18H22N4O5S. The summed E-state index contributed by atoms with van der Waals surface area (Å²) in [5.74, 6) is 0.654. The van der Waals surface area contributed by atoms with E-state index in [4.69, 9.17) is 4.74 Å². The number of nitro benzene ring substituents is 1. The van der Waals surface area contributed by atoms with E-state index < -0.39 is 14.9 Å². The van der Waals surface area contributed by atoms with E-state index in [1.54, 1.807) is 45.2 Å². The minimum Gasteiger partial charge on any atom is -0.497 e. The number of hydrogen-bond acceptors (Lipinski definition) is 7. The summed E-state index contributed by atoms with van der Waals surface area (Å²) in [6.45, 7) is 3.96. The highest BCUT2D eigenvalue weighted by Crippen LogP contribution is 2.29. The zero-order chi connectivity index (χ0) is 20.7. The van der Waals surface area contributed by atoms with Crippen LogP contribution in [0.1, 0.15) is 19.4 Å². The molecule has 150 valence electrons. The fourth-order valence-electron chi connectivity index (χ4n) is 2.53. The van der Waals surface area contributed by atoms with E-state index >= 15 is 0 Å². The van der Waals surface area contributed by atoms with Crippen molar-refractivity contribution < 1.29 is 18.1 Å². The van der Waals surface area contributed by atoms with Crippen LogP contribution >= 0.6 is 0 Å². The molecule has 0 aromatic heterocycles. The highest BCUT2D eigenvalue weighted by molar-refractivity contribution is 7.89. The lowest BCUT2D eigenvalue weighted by molar-refractivity contribution is -0.384. The van der Waals surface area contributed by atoms with E-state index in [1.165, 1.54) is 22.7 Å². The van der Waals surface area contributed by atoms with Crippen molar-refractivity contribution in [1.29, 1.82) is 0 Å². The van der Waals surface area contributed by atoms with Crippen LogP contribution in [0.5, 0.6) is 5.75 Å². The molecule has 0 aliphatic carbocycles. The molecule has 0 unspecified atom stereocenters. The van der Waals surface area contributed by atoms with Crippen molar-refractivity contribution in [3.63, 3.8) is 0 Å². The maximum Gasteiger partial charge on any atom is 0.295 e. The fourth-order valence-corrected chi connectivity index (χ4v) is 4.01. The first kappa shape index (κ1) is 21.3. The summed E-state index contributed by atoms with van der Waals surface area (Å²) in [6.07, 6.45) is 1.48. The van der Waals surface area contributed by atoms with Gasteiger partial charge in [-0.25, -0.2) is 8.42 Å². The Hall–Kier alpha value is -2.98. The maximum atomic E-state index is 12.6. The second kappa shape index (κ2) is 9.29. The zero-order valence-electron chi connectivity index (χ0n) is 15.8. The van der Waals surface area contributed by atoms with Crippen molar-refractivity contribution in [2.45, 2.75) is 18.7 Å². The van der Waals surface area contributed by atoms with Crippen LogP contribution in [0, 0.1) is 10.1 Å². The van der Waals surface area contributed by atoms with Gasteiger partial charge in [-0.3, -0.25) is 15.5 Å². The molecule has 1 N–H and O–H groups in total. The van der Waals surface area contributed by atoms with Crippen LogP contribution in [0.15, 0.2) is 52.5 Å². The van der Waals surface area contributed by atoms with Crippen LogP contribution in [0.2, 0.25) is 0 Å². The number of rotatable bonds is 9. The predicted molar refractivity (Wildman–Crippen MR) is 107 cm³/mol. The van der Waals surface area contributed by atoms with Crippen molar-refractivity contribution in [2.75, 3.05) is 25.6 Å². The van der Waals surface area contributed by atoms with Gasteiger partial charge in [0.1, 0.15) is 11.4 Å². The summed E-state index contributed by atoms with van der Waals surface area (Å²) in [5, 5.41) is 15.4. The molecule has 2 rings (SSSR count). The lowest BCUT2D eigenvalue weighted by atomic mass is 10.2. The lowest BCUT2D eigenvalue weighted by Crippen LogP contribution is -2.30. The first-order valence-electron chi connectivity index (χ1n) is 8.55. The van der Waals surface area contributed by atoms with Crippen molar-refractivity contribution in [1.82, 2.24) is 4.31 Å². The number of hydrazone groups is 1. The van der Waals surface area contributed by atoms with E-state index in [9.17, 15) is 18.5 Å². The maximum absolute atomic E-state index is 12.6. The van der Waals surface area contributed by atoms with Crippen LogP contribution in [-0.2, 0) is 10.0 Å². The number of methoxy groups -OCH3 is 1. The Bertz CT molecular complexity index is 972. The van der Waals surface area contributed by atoms with Gasteiger partial charge in [0.05, 0.1) is 23.1 Å². The van der Waals surface area contributed by atoms with Gasteiger partial charge in [-0.15, -0.1) is 0 Å². The normalized spacial score (nSPS) is 11.7. The molecule has 0 bridgehead atoms. The highest BCUT2D eigenvalue weighted by Gasteiger charge is 2.25. The summed E-state index contributed by atoms with van der Waals surface area (Å²) >= 11 is 0.